The second kappa shape index (κ2) is 5.26. The number of rotatable bonds is 2. The van der Waals surface area contributed by atoms with Gasteiger partial charge in [-0.1, -0.05) is 0 Å². The fourth-order valence-corrected chi connectivity index (χ4v) is 3.21. The van der Waals surface area contributed by atoms with Crippen LogP contribution in [0.2, 0.25) is 0 Å². The number of aryl methyl sites for hydroxylation is 1. The van der Waals surface area contributed by atoms with Gasteiger partial charge in [0, 0.05) is 43.9 Å². The van der Waals surface area contributed by atoms with Crippen molar-refractivity contribution in [3.63, 3.8) is 0 Å². The van der Waals surface area contributed by atoms with Gasteiger partial charge in [-0.2, -0.15) is 4.98 Å². The molecule has 20 heavy (non-hydrogen) atoms. The maximum atomic E-state index is 11.9. The average Bonchev–Trinajstić information content (AvgIpc) is 2.84. The Morgan fingerprint density at radius 1 is 1.30 bits per heavy atom. The second-order valence-corrected chi connectivity index (χ2v) is 5.66. The molecule has 2 fully saturated rings. The average molecular weight is 275 g/mol. The highest BCUT2D eigenvalue weighted by atomic mass is 16.2. The fraction of sp³-hybridized carbons (Fsp3) is 0.643. The van der Waals surface area contributed by atoms with Crippen LogP contribution >= 0.6 is 0 Å². The largest absolute Gasteiger partial charge is 0.368 e. The van der Waals surface area contributed by atoms with Crippen molar-refractivity contribution in [2.75, 3.05) is 30.3 Å². The first-order valence-corrected chi connectivity index (χ1v) is 7.29. The third-order valence-electron chi connectivity index (χ3n) is 4.13. The zero-order chi connectivity index (χ0) is 14.1. The van der Waals surface area contributed by atoms with Gasteiger partial charge in [0.15, 0.2) is 0 Å². The van der Waals surface area contributed by atoms with Crippen molar-refractivity contribution in [3.8, 4) is 0 Å². The molecule has 6 nitrogen and oxygen atoms in total. The molecule has 1 amide bonds. The van der Waals surface area contributed by atoms with E-state index in [0.717, 1.165) is 50.4 Å². The highest BCUT2D eigenvalue weighted by molar-refractivity contribution is 5.78. The molecule has 0 aliphatic carbocycles. The van der Waals surface area contributed by atoms with E-state index in [1.54, 1.807) is 0 Å². The number of anilines is 2. The molecule has 0 spiro atoms. The maximum Gasteiger partial charge on any atom is 0.222 e. The van der Waals surface area contributed by atoms with Gasteiger partial charge < -0.3 is 15.5 Å². The first-order chi connectivity index (χ1) is 9.63. The van der Waals surface area contributed by atoms with Crippen molar-refractivity contribution in [3.05, 3.63) is 11.8 Å². The third-order valence-corrected chi connectivity index (χ3v) is 4.13. The summed E-state index contributed by atoms with van der Waals surface area (Å²) in [7, 11) is 0. The van der Waals surface area contributed by atoms with Crippen LogP contribution in [0.1, 0.15) is 31.4 Å². The lowest BCUT2D eigenvalue weighted by atomic mass is 10.0. The van der Waals surface area contributed by atoms with Crippen molar-refractivity contribution in [2.24, 2.45) is 0 Å². The monoisotopic (exact) mass is 275 g/mol. The summed E-state index contributed by atoms with van der Waals surface area (Å²) in [6, 6.07) is 2.28. The van der Waals surface area contributed by atoms with Crippen LogP contribution in [0.4, 0.5) is 11.8 Å². The predicted octanol–water partition coefficient (Wildman–Crippen LogP) is 0.958. The number of nitrogens with zero attached hydrogens (tertiary/aromatic N) is 4. The van der Waals surface area contributed by atoms with E-state index >= 15 is 0 Å². The number of hydrogen-bond donors (Lipinski definition) is 1. The Labute approximate surface area is 119 Å². The van der Waals surface area contributed by atoms with Crippen molar-refractivity contribution in [1.29, 1.82) is 0 Å². The number of carbonyl (C=O) groups excluding carboxylic acids is 1. The smallest absolute Gasteiger partial charge is 0.222 e. The molecule has 2 aliphatic rings. The highest BCUT2D eigenvalue weighted by Crippen LogP contribution is 2.24. The van der Waals surface area contributed by atoms with Crippen LogP contribution in [0.15, 0.2) is 6.07 Å². The van der Waals surface area contributed by atoms with E-state index in [1.165, 1.54) is 0 Å². The lowest BCUT2D eigenvalue weighted by Gasteiger charge is -2.38. The normalized spacial score (nSPS) is 23.4. The van der Waals surface area contributed by atoms with Crippen molar-refractivity contribution in [1.82, 2.24) is 14.9 Å². The topological polar surface area (TPSA) is 75.3 Å². The van der Waals surface area contributed by atoms with Crippen LogP contribution in [0, 0.1) is 6.92 Å². The molecule has 2 saturated heterocycles. The molecule has 0 radical (unpaired) electrons. The molecule has 0 bridgehead atoms. The molecule has 0 saturated carbocycles. The Bertz CT molecular complexity index is 498. The number of aromatic nitrogens is 2. The molecule has 1 aromatic rings. The van der Waals surface area contributed by atoms with E-state index in [0.29, 0.717) is 24.3 Å². The Morgan fingerprint density at radius 3 is 2.85 bits per heavy atom. The van der Waals surface area contributed by atoms with Crippen molar-refractivity contribution >= 4 is 17.7 Å². The number of piperidine rings is 1. The van der Waals surface area contributed by atoms with Gasteiger partial charge in [-0.3, -0.25) is 4.79 Å². The molecule has 2 aliphatic heterocycles. The summed E-state index contributed by atoms with van der Waals surface area (Å²) in [5.41, 5.74) is 6.61. The third kappa shape index (κ3) is 2.55. The van der Waals surface area contributed by atoms with Crippen LogP contribution in [0.5, 0.6) is 0 Å². The molecule has 1 aromatic heterocycles. The van der Waals surface area contributed by atoms with Crippen LogP contribution < -0.4 is 10.6 Å². The summed E-state index contributed by atoms with van der Waals surface area (Å²) in [6.07, 6.45) is 3.87. The summed E-state index contributed by atoms with van der Waals surface area (Å²) in [5.74, 6) is 1.50. The second-order valence-electron chi connectivity index (χ2n) is 5.66. The van der Waals surface area contributed by atoms with E-state index in [2.05, 4.69) is 14.9 Å². The number of nitrogen functional groups attached to an aromatic ring is 1. The minimum atomic E-state index is 0.301. The molecule has 6 heteroatoms. The number of amides is 1. The van der Waals surface area contributed by atoms with Crippen LogP contribution in [0.25, 0.3) is 0 Å². The van der Waals surface area contributed by atoms with Gasteiger partial charge in [0.25, 0.3) is 0 Å². The number of carbonyl (C=O) groups is 1. The zero-order valence-electron chi connectivity index (χ0n) is 11.9. The highest BCUT2D eigenvalue weighted by Gasteiger charge is 2.31. The summed E-state index contributed by atoms with van der Waals surface area (Å²) in [5, 5.41) is 0. The Kier molecular flexibility index (Phi) is 3.46. The molecule has 108 valence electrons. The summed E-state index contributed by atoms with van der Waals surface area (Å²) >= 11 is 0. The zero-order valence-corrected chi connectivity index (χ0v) is 11.9. The number of likely N-dealkylation sites (tertiary alicyclic amines) is 1. The summed E-state index contributed by atoms with van der Waals surface area (Å²) in [6.45, 7) is 4.64. The fourth-order valence-electron chi connectivity index (χ4n) is 3.21. The van der Waals surface area contributed by atoms with Gasteiger partial charge in [0.05, 0.1) is 0 Å². The molecular weight excluding hydrogens is 254 g/mol. The summed E-state index contributed by atoms with van der Waals surface area (Å²) in [4.78, 5) is 24.6. The lowest BCUT2D eigenvalue weighted by molar-refractivity contribution is -0.129. The van der Waals surface area contributed by atoms with Crippen LogP contribution in [0.3, 0.4) is 0 Å². The number of hydrogen-bond acceptors (Lipinski definition) is 5. The van der Waals surface area contributed by atoms with E-state index in [4.69, 9.17) is 5.73 Å². The van der Waals surface area contributed by atoms with Crippen molar-refractivity contribution in [2.45, 2.75) is 38.6 Å². The van der Waals surface area contributed by atoms with E-state index < -0.39 is 0 Å². The van der Waals surface area contributed by atoms with Gasteiger partial charge in [-0.15, -0.1) is 0 Å². The minimum Gasteiger partial charge on any atom is -0.368 e. The van der Waals surface area contributed by atoms with Crippen molar-refractivity contribution < 1.29 is 4.79 Å². The summed E-state index contributed by atoms with van der Waals surface area (Å²) < 4.78 is 0. The first kappa shape index (κ1) is 13.1. The van der Waals surface area contributed by atoms with Gasteiger partial charge in [0.2, 0.25) is 11.9 Å². The molecule has 0 unspecified atom stereocenters. The molecule has 2 N–H and O–H groups in total. The number of nitrogens with two attached hydrogens (primary N) is 1. The maximum absolute atomic E-state index is 11.9. The van der Waals surface area contributed by atoms with E-state index in [1.807, 2.05) is 17.9 Å². The van der Waals surface area contributed by atoms with E-state index in [-0.39, 0.29) is 0 Å². The Hall–Kier alpha value is -1.85. The molecule has 3 rings (SSSR count). The first-order valence-electron chi connectivity index (χ1n) is 7.29. The van der Waals surface area contributed by atoms with Gasteiger partial charge >= 0.3 is 0 Å². The van der Waals surface area contributed by atoms with E-state index in [9.17, 15) is 4.79 Å². The standard InChI is InChI=1S/C14H21N5O/c1-10-8-12(17-14(15)16-10)18-6-2-4-11(9-18)19-7-3-5-13(19)20/h8,11H,2-7,9H2,1H3,(H2,15,16,17)/t11-/m0/s1. The quantitative estimate of drug-likeness (QED) is 0.870. The molecular formula is C14H21N5O. The van der Waals surface area contributed by atoms with Gasteiger partial charge in [0.1, 0.15) is 5.82 Å². The lowest BCUT2D eigenvalue weighted by Crippen LogP contribution is -2.48. The molecule has 3 heterocycles. The Morgan fingerprint density at radius 2 is 2.15 bits per heavy atom. The van der Waals surface area contributed by atoms with Crippen LogP contribution in [-0.4, -0.2) is 46.5 Å². The van der Waals surface area contributed by atoms with Gasteiger partial charge in [-0.05, 0) is 26.2 Å². The van der Waals surface area contributed by atoms with Gasteiger partial charge in [-0.25, -0.2) is 4.98 Å². The predicted molar refractivity (Wildman–Crippen MR) is 77.4 cm³/mol. The minimum absolute atomic E-state index is 0.301. The van der Waals surface area contributed by atoms with Crippen LogP contribution in [-0.2, 0) is 4.79 Å². The molecule has 1 atom stereocenters. The SMILES string of the molecule is Cc1cc(N2CCC[C@H](N3CCCC3=O)C2)nc(N)n1. The molecule has 0 aromatic carbocycles. The Balaban J connectivity index is 1.76.